The molecule has 0 aliphatic rings. The smallest absolute Gasteiger partial charge is 0.414 e. The van der Waals surface area contributed by atoms with E-state index >= 15 is 0 Å². The van der Waals surface area contributed by atoms with Crippen LogP contribution in [0.5, 0.6) is 0 Å². The van der Waals surface area contributed by atoms with Crippen molar-refractivity contribution in [1.82, 2.24) is 20.5 Å². The van der Waals surface area contributed by atoms with Crippen LogP contribution in [0, 0.1) is 0 Å². The van der Waals surface area contributed by atoms with Crippen LogP contribution in [0.15, 0.2) is 29.8 Å². The van der Waals surface area contributed by atoms with Crippen molar-refractivity contribution in [2.45, 2.75) is 6.92 Å². The third kappa shape index (κ3) is 3.48. The highest BCUT2D eigenvalue weighted by atomic mass is 32.1. The normalized spacial score (nSPS) is 10.4. The molecule has 0 aliphatic carbocycles. The van der Waals surface area contributed by atoms with E-state index in [9.17, 15) is 14.4 Å². The van der Waals surface area contributed by atoms with Crippen LogP contribution in [0.25, 0.3) is 11.0 Å². The zero-order valence-electron chi connectivity index (χ0n) is 13.0. The van der Waals surface area contributed by atoms with Crippen molar-refractivity contribution in [2.75, 3.05) is 11.9 Å². The van der Waals surface area contributed by atoms with E-state index in [2.05, 4.69) is 30.6 Å². The molecule has 3 rings (SSSR count). The monoisotopic (exact) mass is 359 g/mol. The number of fused-ring (bicyclic) bond motifs is 1. The van der Waals surface area contributed by atoms with E-state index < -0.39 is 17.9 Å². The number of anilines is 1. The molecule has 3 N–H and O–H groups in total. The van der Waals surface area contributed by atoms with Crippen molar-refractivity contribution in [1.29, 1.82) is 0 Å². The number of alkyl carbamates (subject to hydrolysis) is 1. The predicted octanol–water partition coefficient (Wildman–Crippen LogP) is 2.16. The lowest BCUT2D eigenvalue weighted by molar-refractivity contribution is 0.0926. The number of nitrogens with zero attached hydrogens (tertiary/aromatic N) is 2. The number of carbonyl (C=O) groups excluding carboxylic acids is 3. The molecule has 3 aromatic heterocycles. The van der Waals surface area contributed by atoms with Gasteiger partial charge in [0, 0.05) is 6.20 Å². The van der Waals surface area contributed by atoms with E-state index in [-0.39, 0.29) is 17.9 Å². The first kappa shape index (κ1) is 16.6. The second-order valence-electron chi connectivity index (χ2n) is 4.77. The van der Waals surface area contributed by atoms with Crippen molar-refractivity contribution >= 4 is 45.3 Å². The molecule has 10 heteroatoms. The molecule has 0 saturated carbocycles. The Balaban J connectivity index is 1.78. The molecular formula is C15H13N5O4S. The van der Waals surface area contributed by atoms with Gasteiger partial charge in [0.2, 0.25) is 0 Å². The first-order valence-electron chi connectivity index (χ1n) is 7.26. The fourth-order valence-corrected chi connectivity index (χ4v) is 2.88. The number of nitrogens with one attached hydrogen (secondary N) is 3. The fraction of sp³-hybridized carbons (Fsp3) is 0.133. The average Bonchev–Trinajstić information content (AvgIpc) is 3.21. The number of H-pyrrole nitrogens is 1. The number of aromatic amines is 1. The van der Waals surface area contributed by atoms with Gasteiger partial charge >= 0.3 is 6.09 Å². The van der Waals surface area contributed by atoms with E-state index in [0.717, 1.165) is 11.3 Å². The summed E-state index contributed by atoms with van der Waals surface area (Å²) in [5.41, 5.74) is 0.806. The minimum absolute atomic E-state index is 0.146. The number of imide groups is 1. The lowest BCUT2D eigenvalue weighted by Gasteiger charge is -2.06. The average molecular weight is 359 g/mol. The number of aromatic nitrogens is 3. The summed E-state index contributed by atoms with van der Waals surface area (Å²) in [6, 6.07) is 4.91. The highest BCUT2D eigenvalue weighted by Gasteiger charge is 2.20. The summed E-state index contributed by atoms with van der Waals surface area (Å²) in [5.74, 6) is -1.13. The van der Waals surface area contributed by atoms with Gasteiger partial charge in [-0.15, -0.1) is 11.3 Å². The van der Waals surface area contributed by atoms with Crippen LogP contribution < -0.4 is 10.6 Å². The summed E-state index contributed by atoms with van der Waals surface area (Å²) >= 11 is 1.15. The summed E-state index contributed by atoms with van der Waals surface area (Å²) in [5, 5.41) is 13.8. The maximum absolute atomic E-state index is 12.5. The Bertz CT molecular complexity index is 948. The number of amides is 3. The predicted molar refractivity (Wildman–Crippen MR) is 90.6 cm³/mol. The van der Waals surface area contributed by atoms with Gasteiger partial charge in [-0.25, -0.2) is 9.78 Å². The molecule has 0 aliphatic heterocycles. The maximum Gasteiger partial charge on any atom is 0.414 e. The van der Waals surface area contributed by atoms with Crippen molar-refractivity contribution in [3.8, 4) is 0 Å². The van der Waals surface area contributed by atoms with Gasteiger partial charge in [0.15, 0.2) is 5.65 Å². The van der Waals surface area contributed by atoms with E-state index in [1.807, 2.05) is 0 Å². The Morgan fingerprint density at radius 2 is 2.12 bits per heavy atom. The van der Waals surface area contributed by atoms with E-state index in [0.29, 0.717) is 16.0 Å². The van der Waals surface area contributed by atoms with Crippen molar-refractivity contribution in [3.05, 3.63) is 41.0 Å². The highest BCUT2D eigenvalue weighted by molar-refractivity contribution is 7.14. The molecule has 25 heavy (non-hydrogen) atoms. The largest absolute Gasteiger partial charge is 0.450 e. The third-order valence-corrected chi connectivity index (χ3v) is 4.01. The number of pyridine rings is 1. The lowest BCUT2D eigenvalue weighted by atomic mass is 10.2. The molecule has 3 amide bonds. The summed E-state index contributed by atoms with van der Waals surface area (Å²) in [7, 11) is 0. The zero-order valence-corrected chi connectivity index (χ0v) is 13.8. The molecular weight excluding hydrogens is 346 g/mol. The van der Waals surface area contributed by atoms with Crippen LogP contribution in [0.4, 0.5) is 9.80 Å². The van der Waals surface area contributed by atoms with E-state index in [1.54, 1.807) is 30.6 Å². The molecule has 0 atom stereocenters. The molecule has 0 fully saturated rings. The number of hydrogen-bond acceptors (Lipinski definition) is 7. The van der Waals surface area contributed by atoms with Gasteiger partial charge in [-0.2, -0.15) is 5.10 Å². The number of rotatable bonds is 4. The second-order valence-corrected chi connectivity index (χ2v) is 5.68. The molecule has 128 valence electrons. The van der Waals surface area contributed by atoms with Crippen LogP contribution in [-0.4, -0.2) is 39.7 Å². The molecule has 0 saturated heterocycles. The van der Waals surface area contributed by atoms with Crippen LogP contribution in [0.3, 0.4) is 0 Å². The number of hydrogen-bond donors (Lipinski definition) is 3. The molecule has 9 nitrogen and oxygen atoms in total. The summed E-state index contributed by atoms with van der Waals surface area (Å²) in [6.07, 6.45) is 0.726. The third-order valence-electron chi connectivity index (χ3n) is 3.18. The molecule has 0 aromatic carbocycles. The molecule has 3 heterocycles. The van der Waals surface area contributed by atoms with Gasteiger partial charge in [0.05, 0.1) is 17.6 Å². The second kappa shape index (κ2) is 7.09. The highest BCUT2D eigenvalue weighted by Crippen LogP contribution is 2.24. The molecule has 0 unspecified atom stereocenters. The van der Waals surface area contributed by atoms with Gasteiger partial charge in [0.1, 0.15) is 10.7 Å². The number of carbonyl (C=O) groups is 3. The number of ether oxygens (including phenoxy) is 1. The zero-order chi connectivity index (χ0) is 17.8. The Kier molecular flexibility index (Phi) is 4.70. The van der Waals surface area contributed by atoms with Gasteiger partial charge in [-0.05, 0) is 30.5 Å². The van der Waals surface area contributed by atoms with Gasteiger partial charge in [0.25, 0.3) is 11.8 Å². The molecule has 3 aromatic rings. The molecule has 0 bridgehead atoms. The van der Waals surface area contributed by atoms with Crippen LogP contribution in [0.2, 0.25) is 0 Å². The van der Waals surface area contributed by atoms with Crippen LogP contribution in [0.1, 0.15) is 27.8 Å². The van der Waals surface area contributed by atoms with Crippen LogP contribution >= 0.6 is 11.3 Å². The minimum Gasteiger partial charge on any atom is -0.450 e. The fourth-order valence-electron chi connectivity index (χ4n) is 2.10. The Labute approximate surface area is 145 Å². The Morgan fingerprint density at radius 1 is 1.28 bits per heavy atom. The summed E-state index contributed by atoms with van der Waals surface area (Å²) in [4.78, 5) is 40.0. The quantitative estimate of drug-likeness (QED) is 0.655. The van der Waals surface area contributed by atoms with E-state index in [1.165, 1.54) is 6.07 Å². The van der Waals surface area contributed by atoms with Crippen LogP contribution in [-0.2, 0) is 4.74 Å². The maximum atomic E-state index is 12.5. The molecule has 0 radical (unpaired) electrons. The minimum atomic E-state index is -0.846. The summed E-state index contributed by atoms with van der Waals surface area (Å²) < 4.78 is 4.66. The Hall–Kier alpha value is -3.27. The Morgan fingerprint density at radius 3 is 2.92 bits per heavy atom. The van der Waals surface area contributed by atoms with Crippen molar-refractivity contribution in [2.24, 2.45) is 0 Å². The first-order valence-corrected chi connectivity index (χ1v) is 8.14. The van der Waals surface area contributed by atoms with Crippen molar-refractivity contribution < 1.29 is 19.1 Å². The standard InChI is InChI=1S/C15H13N5O4S/c1-2-24-15(23)18-12(21)9-5-7-25-14(9)17-13(22)10-8-4-3-6-16-11(8)20-19-10/h3-7H,2H2,1H3,(H,17,22)(H,16,19,20)(H,18,21,23). The van der Waals surface area contributed by atoms with Gasteiger partial charge in [-0.1, -0.05) is 0 Å². The lowest BCUT2D eigenvalue weighted by Crippen LogP contribution is -2.31. The van der Waals surface area contributed by atoms with Gasteiger partial charge < -0.3 is 10.1 Å². The molecule has 0 spiro atoms. The van der Waals surface area contributed by atoms with Gasteiger partial charge in [-0.3, -0.25) is 20.0 Å². The van der Waals surface area contributed by atoms with Crippen molar-refractivity contribution in [3.63, 3.8) is 0 Å². The number of thiophene rings is 1. The topological polar surface area (TPSA) is 126 Å². The first-order chi connectivity index (χ1) is 12.1. The summed E-state index contributed by atoms with van der Waals surface area (Å²) in [6.45, 7) is 1.77. The van der Waals surface area contributed by atoms with E-state index in [4.69, 9.17) is 0 Å². The SMILES string of the molecule is CCOC(=O)NC(=O)c1ccsc1NC(=O)c1[nH]nc2ncccc12.